The molecule has 1 atom stereocenters. The number of halogens is 2. The second-order valence-corrected chi connectivity index (χ2v) is 9.03. The first kappa shape index (κ1) is 19.5. The summed E-state index contributed by atoms with van der Waals surface area (Å²) < 4.78 is 2.89. The summed E-state index contributed by atoms with van der Waals surface area (Å²) >= 11 is 8.69. The Bertz CT molecular complexity index is 901. The van der Waals surface area contributed by atoms with E-state index in [2.05, 4.69) is 50.2 Å². The number of aryl methyl sites for hydroxylation is 1. The van der Waals surface area contributed by atoms with Crippen LogP contribution in [-0.4, -0.2) is 29.4 Å². The number of benzene rings is 2. The van der Waals surface area contributed by atoms with E-state index in [9.17, 15) is 4.79 Å². The topological polar surface area (TPSA) is 45.2 Å². The zero-order chi connectivity index (χ0) is 18.8. The predicted octanol–water partition coefficient (Wildman–Crippen LogP) is 5.76. The Morgan fingerprint density at radius 3 is 2.58 bits per heavy atom. The molecule has 136 valence electrons. The monoisotopic (exact) mass is 495 g/mol. The summed E-state index contributed by atoms with van der Waals surface area (Å²) in [6.07, 6.45) is 0. The van der Waals surface area contributed by atoms with E-state index in [1.54, 1.807) is 11.3 Å². The third-order valence-corrected chi connectivity index (χ3v) is 6.63. The largest absolute Gasteiger partial charge is 0.323 e. The molecule has 0 aliphatic rings. The number of amides is 1. The number of likely N-dealkylation sites (N-methyl/N-ethyl adjacent to an activating group) is 1. The number of aromatic nitrogens is 1. The Labute approximate surface area is 173 Å². The van der Waals surface area contributed by atoms with E-state index >= 15 is 0 Å². The predicted molar refractivity (Wildman–Crippen MR) is 116 cm³/mol. The lowest BCUT2D eigenvalue weighted by Gasteiger charge is -2.22. The van der Waals surface area contributed by atoms with Crippen LogP contribution < -0.4 is 5.32 Å². The summed E-state index contributed by atoms with van der Waals surface area (Å²) in [5.41, 5.74) is 2.87. The number of carbonyl (C=O) groups excluding carboxylic acids is 1. The van der Waals surface area contributed by atoms with Gasteiger partial charge in [-0.25, -0.2) is 4.98 Å². The molecule has 0 bridgehead atoms. The molecule has 1 heterocycles. The van der Waals surface area contributed by atoms with E-state index in [1.807, 2.05) is 49.2 Å². The molecule has 0 saturated heterocycles. The maximum atomic E-state index is 12.5. The lowest BCUT2D eigenvalue weighted by molar-refractivity contribution is -0.117. The highest BCUT2D eigenvalue weighted by molar-refractivity contribution is 9.11. The van der Waals surface area contributed by atoms with Crippen LogP contribution in [0.3, 0.4) is 0 Å². The molecular formula is C19H19Br2N3OS. The Morgan fingerprint density at radius 2 is 1.92 bits per heavy atom. The van der Waals surface area contributed by atoms with E-state index in [0.717, 1.165) is 30.7 Å². The van der Waals surface area contributed by atoms with Crippen LogP contribution in [0.15, 0.2) is 45.3 Å². The summed E-state index contributed by atoms with van der Waals surface area (Å²) in [7, 11) is 1.94. The van der Waals surface area contributed by atoms with Gasteiger partial charge >= 0.3 is 0 Å². The lowest BCUT2D eigenvalue weighted by Crippen LogP contribution is -2.32. The van der Waals surface area contributed by atoms with Crippen molar-refractivity contribution in [3.8, 4) is 0 Å². The van der Waals surface area contributed by atoms with Gasteiger partial charge in [0.05, 0.1) is 28.5 Å². The summed E-state index contributed by atoms with van der Waals surface area (Å²) in [6, 6.07) is 12.1. The van der Waals surface area contributed by atoms with Crippen LogP contribution in [0, 0.1) is 6.92 Å². The van der Waals surface area contributed by atoms with Gasteiger partial charge in [0.1, 0.15) is 5.01 Å². The normalized spacial score (nSPS) is 12.5. The Kier molecular flexibility index (Phi) is 6.12. The maximum absolute atomic E-state index is 12.5. The highest BCUT2D eigenvalue weighted by Crippen LogP contribution is 2.33. The molecule has 4 nitrogen and oxygen atoms in total. The molecule has 0 saturated carbocycles. The van der Waals surface area contributed by atoms with E-state index in [1.165, 1.54) is 4.70 Å². The summed E-state index contributed by atoms with van der Waals surface area (Å²) in [5.74, 6) is -0.0642. The van der Waals surface area contributed by atoms with Crippen molar-refractivity contribution < 1.29 is 4.79 Å². The van der Waals surface area contributed by atoms with Gasteiger partial charge in [-0.1, -0.05) is 12.1 Å². The van der Waals surface area contributed by atoms with Crippen molar-refractivity contribution >= 4 is 65.0 Å². The Morgan fingerprint density at radius 1 is 1.27 bits per heavy atom. The fraction of sp³-hybridized carbons (Fsp3) is 0.263. The first-order chi connectivity index (χ1) is 12.3. The second kappa shape index (κ2) is 8.17. The number of para-hydroxylation sites is 1. The van der Waals surface area contributed by atoms with E-state index in [-0.39, 0.29) is 18.5 Å². The first-order valence-electron chi connectivity index (χ1n) is 8.16. The minimum atomic E-state index is -0.0642. The van der Waals surface area contributed by atoms with E-state index in [0.29, 0.717) is 0 Å². The minimum Gasteiger partial charge on any atom is -0.323 e. The molecule has 7 heteroatoms. The van der Waals surface area contributed by atoms with Crippen LogP contribution in [0.5, 0.6) is 0 Å². The molecule has 0 spiro atoms. The number of hydrogen-bond donors (Lipinski definition) is 1. The molecule has 0 aliphatic carbocycles. The zero-order valence-electron chi connectivity index (χ0n) is 14.7. The highest BCUT2D eigenvalue weighted by atomic mass is 79.9. The zero-order valence-corrected chi connectivity index (χ0v) is 18.7. The van der Waals surface area contributed by atoms with Crippen LogP contribution in [0.1, 0.15) is 23.5 Å². The van der Waals surface area contributed by atoms with Gasteiger partial charge in [-0.15, -0.1) is 11.3 Å². The van der Waals surface area contributed by atoms with Gasteiger partial charge in [-0.3, -0.25) is 9.69 Å². The molecule has 3 aromatic rings. The quantitative estimate of drug-likeness (QED) is 0.488. The number of fused-ring (bicyclic) bond motifs is 1. The highest BCUT2D eigenvalue weighted by Gasteiger charge is 2.19. The fourth-order valence-corrected chi connectivity index (χ4v) is 5.32. The lowest BCUT2D eigenvalue weighted by atomic mass is 10.2. The average molecular weight is 497 g/mol. The van der Waals surface area contributed by atoms with Crippen molar-refractivity contribution in [3.63, 3.8) is 0 Å². The number of rotatable bonds is 5. The van der Waals surface area contributed by atoms with Crippen LogP contribution >= 0.6 is 43.2 Å². The van der Waals surface area contributed by atoms with E-state index in [4.69, 9.17) is 4.98 Å². The smallest absolute Gasteiger partial charge is 0.238 e. The summed E-state index contributed by atoms with van der Waals surface area (Å²) in [4.78, 5) is 19.2. The van der Waals surface area contributed by atoms with Crippen molar-refractivity contribution in [3.05, 3.63) is 55.9 Å². The third kappa shape index (κ3) is 4.34. The number of thiazole rings is 1. The number of hydrogen-bond acceptors (Lipinski definition) is 4. The number of nitrogens with one attached hydrogen (secondary N) is 1. The Balaban J connectivity index is 1.69. The summed E-state index contributed by atoms with van der Waals surface area (Å²) in [6.45, 7) is 4.36. The van der Waals surface area contributed by atoms with Crippen LogP contribution in [0.4, 0.5) is 5.69 Å². The molecule has 0 aliphatic heterocycles. The van der Waals surface area contributed by atoms with Gasteiger partial charge in [0.2, 0.25) is 5.91 Å². The number of carbonyl (C=O) groups is 1. The molecule has 3 rings (SSSR count). The molecule has 1 unspecified atom stereocenters. The van der Waals surface area contributed by atoms with Gasteiger partial charge in [0.25, 0.3) is 0 Å². The van der Waals surface area contributed by atoms with Gasteiger partial charge in [-0.05, 0) is 82.6 Å². The third-order valence-electron chi connectivity index (χ3n) is 4.17. The molecule has 0 fully saturated rings. The second-order valence-electron chi connectivity index (χ2n) is 6.26. The van der Waals surface area contributed by atoms with Gasteiger partial charge in [-0.2, -0.15) is 0 Å². The molecular weight excluding hydrogens is 478 g/mol. The fourth-order valence-electron chi connectivity index (χ4n) is 2.62. The van der Waals surface area contributed by atoms with Crippen LogP contribution in [-0.2, 0) is 4.79 Å². The minimum absolute atomic E-state index is 0.0584. The van der Waals surface area contributed by atoms with Crippen LogP contribution in [0.2, 0.25) is 0 Å². The first-order valence-corrected chi connectivity index (χ1v) is 10.6. The average Bonchev–Trinajstić information content (AvgIpc) is 3.01. The van der Waals surface area contributed by atoms with Crippen molar-refractivity contribution in [2.75, 3.05) is 18.9 Å². The van der Waals surface area contributed by atoms with Crippen molar-refractivity contribution in [2.45, 2.75) is 19.9 Å². The van der Waals surface area contributed by atoms with Crippen LogP contribution in [0.25, 0.3) is 10.2 Å². The maximum Gasteiger partial charge on any atom is 0.238 e. The summed E-state index contributed by atoms with van der Waals surface area (Å²) in [5, 5.41) is 3.99. The van der Waals surface area contributed by atoms with E-state index < -0.39 is 0 Å². The SMILES string of the molecule is Cc1cc(Br)c(NC(=O)CN(C)C(C)c2nc3ccccc3s2)c(Br)c1. The molecule has 2 aromatic carbocycles. The standard InChI is InChI=1S/C19H19Br2N3OS/c1-11-8-13(20)18(14(21)9-11)23-17(25)10-24(3)12(2)19-22-15-6-4-5-7-16(15)26-19/h4-9,12H,10H2,1-3H3,(H,23,25). The number of anilines is 1. The molecule has 1 amide bonds. The molecule has 1 aromatic heterocycles. The Hall–Kier alpha value is -1.28. The van der Waals surface area contributed by atoms with Gasteiger partial charge in [0, 0.05) is 8.95 Å². The van der Waals surface area contributed by atoms with Crippen molar-refractivity contribution in [1.82, 2.24) is 9.88 Å². The molecule has 1 N–H and O–H groups in total. The molecule has 0 radical (unpaired) electrons. The number of nitrogens with zero attached hydrogens (tertiary/aromatic N) is 2. The van der Waals surface area contributed by atoms with Gasteiger partial charge < -0.3 is 5.32 Å². The van der Waals surface area contributed by atoms with Crippen molar-refractivity contribution in [1.29, 1.82) is 0 Å². The molecule has 26 heavy (non-hydrogen) atoms. The van der Waals surface area contributed by atoms with Gasteiger partial charge in [0.15, 0.2) is 0 Å². The van der Waals surface area contributed by atoms with Crippen molar-refractivity contribution in [2.24, 2.45) is 0 Å².